The second-order valence-corrected chi connectivity index (χ2v) is 6.07. The van der Waals surface area contributed by atoms with Crippen molar-refractivity contribution in [2.24, 2.45) is 0 Å². The van der Waals surface area contributed by atoms with E-state index in [4.69, 9.17) is 0 Å². The van der Waals surface area contributed by atoms with Gasteiger partial charge in [-0.05, 0) is 31.7 Å². The second kappa shape index (κ2) is 7.97. The van der Waals surface area contributed by atoms with E-state index in [1.54, 1.807) is 0 Å². The molecule has 0 radical (unpaired) electrons. The van der Waals surface area contributed by atoms with Crippen LogP contribution in [0.3, 0.4) is 0 Å². The van der Waals surface area contributed by atoms with Crippen molar-refractivity contribution in [1.82, 2.24) is 10.2 Å². The van der Waals surface area contributed by atoms with Gasteiger partial charge in [0, 0.05) is 32.0 Å². The van der Waals surface area contributed by atoms with Crippen molar-refractivity contribution >= 4 is 11.8 Å². The largest absolute Gasteiger partial charge is 0.353 e. The normalized spacial score (nSPS) is 15.6. The number of carbonyl (C=O) groups is 2. The Balaban J connectivity index is 1.71. The molecule has 0 aromatic heterocycles. The number of carbonyl (C=O) groups excluding carboxylic acids is 2. The Bertz CT molecular complexity index is 520. The van der Waals surface area contributed by atoms with Crippen molar-refractivity contribution in [3.63, 3.8) is 0 Å². The monoisotopic (exact) mass is 302 g/mol. The lowest BCUT2D eigenvalue weighted by Crippen LogP contribution is -2.46. The predicted octanol–water partition coefficient (Wildman–Crippen LogP) is 2.44. The molecule has 0 aliphatic carbocycles. The van der Waals surface area contributed by atoms with Crippen molar-refractivity contribution in [1.29, 1.82) is 0 Å². The van der Waals surface area contributed by atoms with E-state index in [1.165, 1.54) is 11.1 Å². The molecule has 2 amide bonds. The van der Waals surface area contributed by atoms with Crippen LogP contribution in [0.1, 0.15) is 43.7 Å². The highest BCUT2D eigenvalue weighted by Gasteiger charge is 2.22. The van der Waals surface area contributed by atoms with Crippen molar-refractivity contribution in [2.75, 3.05) is 13.1 Å². The van der Waals surface area contributed by atoms with E-state index in [9.17, 15) is 9.59 Å². The van der Waals surface area contributed by atoms with Crippen LogP contribution >= 0.6 is 0 Å². The Labute approximate surface area is 132 Å². The fourth-order valence-corrected chi connectivity index (χ4v) is 2.92. The molecule has 0 saturated carbocycles. The molecule has 1 aliphatic heterocycles. The zero-order valence-corrected chi connectivity index (χ0v) is 13.6. The van der Waals surface area contributed by atoms with E-state index in [0.29, 0.717) is 12.8 Å². The lowest BCUT2D eigenvalue weighted by molar-refractivity contribution is -0.132. The number of benzene rings is 1. The van der Waals surface area contributed by atoms with E-state index < -0.39 is 0 Å². The topological polar surface area (TPSA) is 49.4 Å². The fraction of sp³-hybridized carbons (Fsp3) is 0.556. The first-order chi connectivity index (χ1) is 10.6. The Morgan fingerprint density at radius 2 is 2.00 bits per heavy atom. The molecule has 2 rings (SSSR count). The highest BCUT2D eigenvalue weighted by molar-refractivity contribution is 5.77. The Morgan fingerprint density at radius 3 is 2.64 bits per heavy atom. The number of rotatable bonds is 5. The Kier molecular flexibility index (Phi) is 5.99. The zero-order valence-electron chi connectivity index (χ0n) is 13.6. The van der Waals surface area contributed by atoms with Crippen LogP contribution in [0.4, 0.5) is 0 Å². The van der Waals surface area contributed by atoms with Crippen molar-refractivity contribution in [3.05, 3.63) is 35.4 Å². The summed E-state index contributed by atoms with van der Waals surface area (Å²) in [5.41, 5.74) is 2.43. The van der Waals surface area contributed by atoms with Gasteiger partial charge in [0.15, 0.2) is 0 Å². The standard InChI is InChI=1S/C18H26N2O2/c1-3-18(22)20-11-9-16(10-12-20)19-17(21)8-7-15-6-4-5-14(2)13-15/h4-6,13,16H,3,7-12H2,1-2H3,(H,19,21). The van der Waals surface area contributed by atoms with Crippen molar-refractivity contribution in [3.8, 4) is 0 Å². The summed E-state index contributed by atoms with van der Waals surface area (Å²) in [6.45, 7) is 5.47. The van der Waals surface area contributed by atoms with Crippen molar-refractivity contribution < 1.29 is 9.59 Å². The molecule has 1 saturated heterocycles. The minimum atomic E-state index is 0.113. The van der Waals surface area contributed by atoms with Gasteiger partial charge in [-0.2, -0.15) is 0 Å². The molecule has 22 heavy (non-hydrogen) atoms. The first-order valence-corrected chi connectivity index (χ1v) is 8.21. The SMILES string of the molecule is CCC(=O)N1CCC(NC(=O)CCc2cccc(C)c2)CC1. The molecule has 120 valence electrons. The average molecular weight is 302 g/mol. The summed E-state index contributed by atoms with van der Waals surface area (Å²) >= 11 is 0. The van der Waals surface area contributed by atoms with Gasteiger partial charge in [0.1, 0.15) is 0 Å². The van der Waals surface area contributed by atoms with Crippen LogP contribution in [0.25, 0.3) is 0 Å². The van der Waals surface area contributed by atoms with E-state index in [-0.39, 0.29) is 17.9 Å². The molecule has 0 bridgehead atoms. The summed E-state index contributed by atoms with van der Waals surface area (Å²) in [5.74, 6) is 0.325. The Hall–Kier alpha value is -1.84. The first-order valence-electron chi connectivity index (χ1n) is 8.21. The maximum Gasteiger partial charge on any atom is 0.222 e. The van der Waals surface area contributed by atoms with Gasteiger partial charge in [-0.1, -0.05) is 36.8 Å². The van der Waals surface area contributed by atoms with E-state index in [0.717, 1.165) is 32.4 Å². The average Bonchev–Trinajstić information content (AvgIpc) is 2.53. The number of likely N-dealkylation sites (tertiary alicyclic amines) is 1. The van der Waals surface area contributed by atoms with E-state index in [2.05, 4.69) is 30.4 Å². The molecule has 1 aromatic carbocycles. The van der Waals surface area contributed by atoms with Crippen LogP contribution < -0.4 is 5.32 Å². The van der Waals surface area contributed by atoms with Gasteiger partial charge in [-0.3, -0.25) is 9.59 Å². The summed E-state index contributed by atoms with van der Waals surface area (Å²) < 4.78 is 0. The highest BCUT2D eigenvalue weighted by Crippen LogP contribution is 2.12. The quantitative estimate of drug-likeness (QED) is 0.908. The lowest BCUT2D eigenvalue weighted by Gasteiger charge is -2.32. The summed E-state index contributed by atoms with van der Waals surface area (Å²) in [7, 11) is 0. The van der Waals surface area contributed by atoms with Gasteiger partial charge in [0.25, 0.3) is 0 Å². The summed E-state index contributed by atoms with van der Waals surface area (Å²) in [5, 5.41) is 3.10. The van der Waals surface area contributed by atoms with Gasteiger partial charge in [0.05, 0.1) is 0 Å². The zero-order chi connectivity index (χ0) is 15.9. The predicted molar refractivity (Wildman–Crippen MR) is 87.5 cm³/mol. The van der Waals surface area contributed by atoms with Crippen LogP contribution in [-0.4, -0.2) is 35.8 Å². The maximum atomic E-state index is 12.0. The summed E-state index contributed by atoms with van der Waals surface area (Å²) in [4.78, 5) is 25.6. The van der Waals surface area contributed by atoms with Crippen LogP contribution in [0, 0.1) is 6.92 Å². The van der Waals surface area contributed by atoms with Crippen molar-refractivity contribution in [2.45, 2.75) is 52.0 Å². The third-order valence-corrected chi connectivity index (χ3v) is 4.24. The van der Waals surface area contributed by atoms with Gasteiger partial charge >= 0.3 is 0 Å². The van der Waals surface area contributed by atoms with Crippen LogP contribution in [-0.2, 0) is 16.0 Å². The smallest absolute Gasteiger partial charge is 0.222 e. The molecule has 0 unspecified atom stereocenters. The maximum absolute atomic E-state index is 12.0. The number of nitrogens with zero attached hydrogens (tertiary/aromatic N) is 1. The van der Waals surface area contributed by atoms with Gasteiger partial charge in [-0.25, -0.2) is 0 Å². The minimum absolute atomic E-state index is 0.113. The van der Waals surface area contributed by atoms with Gasteiger partial charge in [-0.15, -0.1) is 0 Å². The number of nitrogens with one attached hydrogen (secondary N) is 1. The van der Waals surface area contributed by atoms with Crippen LogP contribution in [0.5, 0.6) is 0 Å². The lowest BCUT2D eigenvalue weighted by atomic mass is 10.0. The van der Waals surface area contributed by atoms with Gasteiger partial charge in [0.2, 0.25) is 11.8 Å². The summed E-state index contributed by atoms with van der Waals surface area (Å²) in [6.07, 6.45) is 3.59. The summed E-state index contributed by atoms with van der Waals surface area (Å²) in [6, 6.07) is 8.50. The molecule has 1 heterocycles. The molecule has 1 aromatic rings. The first kappa shape index (κ1) is 16.5. The number of piperidine rings is 1. The molecule has 4 heteroatoms. The molecule has 1 aliphatic rings. The molecular formula is C18H26N2O2. The van der Waals surface area contributed by atoms with Gasteiger partial charge < -0.3 is 10.2 Å². The molecule has 0 spiro atoms. The minimum Gasteiger partial charge on any atom is -0.353 e. The fourth-order valence-electron chi connectivity index (χ4n) is 2.92. The highest BCUT2D eigenvalue weighted by atomic mass is 16.2. The number of hydrogen-bond acceptors (Lipinski definition) is 2. The second-order valence-electron chi connectivity index (χ2n) is 6.07. The third-order valence-electron chi connectivity index (χ3n) is 4.24. The van der Waals surface area contributed by atoms with E-state index in [1.807, 2.05) is 17.9 Å². The third kappa shape index (κ3) is 4.86. The van der Waals surface area contributed by atoms with Crippen LogP contribution in [0.15, 0.2) is 24.3 Å². The number of amides is 2. The molecular weight excluding hydrogens is 276 g/mol. The molecule has 1 N–H and O–H groups in total. The molecule has 1 fully saturated rings. The molecule has 4 nitrogen and oxygen atoms in total. The Morgan fingerprint density at radius 1 is 1.27 bits per heavy atom. The van der Waals surface area contributed by atoms with Crippen LogP contribution in [0.2, 0.25) is 0 Å². The molecule has 0 atom stereocenters. The number of hydrogen-bond donors (Lipinski definition) is 1. The number of aryl methyl sites for hydroxylation is 2. The van der Waals surface area contributed by atoms with E-state index >= 15 is 0 Å².